The van der Waals surface area contributed by atoms with Gasteiger partial charge < -0.3 is 14.4 Å². The van der Waals surface area contributed by atoms with Gasteiger partial charge in [-0.25, -0.2) is 0 Å². The number of ether oxygens (including phenoxy) is 2. The van der Waals surface area contributed by atoms with Gasteiger partial charge in [0.05, 0.1) is 16.8 Å². The lowest BCUT2D eigenvalue weighted by molar-refractivity contribution is -0.143. The highest BCUT2D eigenvalue weighted by Crippen LogP contribution is 2.37. The summed E-state index contributed by atoms with van der Waals surface area (Å²) < 4.78 is 85.9. The molecule has 2 heterocycles. The minimum absolute atomic E-state index is 0.0110. The molecule has 1 aliphatic heterocycles. The van der Waals surface area contributed by atoms with Crippen LogP contribution < -0.4 is 0 Å². The third-order valence-corrected chi connectivity index (χ3v) is 4.97. The highest BCUT2D eigenvalue weighted by molar-refractivity contribution is 5.71. The van der Waals surface area contributed by atoms with Gasteiger partial charge >= 0.3 is 12.4 Å². The minimum atomic E-state index is -4.92. The fourth-order valence-corrected chi connectivity index (χ4v) is 3.08. The van der Waals surface area contributed by atoms with Crippen LogP contribution >= 0.6 is 0 Å². The van der Waals surface area contributed by atoms with Gasteiger partial charge in [0.1, 0.15) is 11.8 Å². The third kappa shape index (κ3) is 9.97. The Balaban J connectivity index is 0.000000328. The van der Waals surface area contributed by atoms with E-state index < -0.39 is 29.6 Å². The molecule has 0 fully saturated rings. The fourth-order valence-electron chi connectivity index (χ4n) is 3.08. The van der Waals surface area contributed by atoms with Gasteiger partial charge in [0, 0.05) is 33.4 Å². The first-order valence-electron chi connectivity index (χ1n) is 10.8. The van der Waals surface area contributed by atoms with Gasteiger partial charge in [0.2, 0.25) is 0 Å². The number of hydrogen-bond donors (Lipinski definition) is 0. The number of fused-ring (bicyclic) bond motifs is 1. The van der Waals surface area contributed by atoms with Crippen LogP contribution in [0.4, 0.5) is 26.3 Å². The van der Waals surface area contributed by atoms with Crippen LogP contribution in [-0.2, 0) is 39.7 Å². The third-order valence-electron chi connectivity index (χ3n) is 4.97. The molecule has 1 aromatic carbocycles. The first-order chi connectivity index (χ1) is 16.8. The van der Waals surface area contributed by atoms with E-state index in [4.69, 9.17) is 0 Å². The molecule has 0 spiro atoms. The Kier molecular flexibility index (Phi) is 12.1. The lowest BCUT2D eigenvalue weighted by atomic mass is 10.0. The molecular weight excluding hydrogens is 496 g/mol. The van der Waals surface area contributed by atoms with Gasteiger partial charge in [-0.15, -0.1) is 0 Å². The summed E-state index contributed by atoms with van der Waals surface area (Å²) in [7, 11) is 3.77. The summed E-state index contributed by atoms with van der Waals surface area (Å²) in [6.45, 7) is 6.82. The predicted molar refractivity (Wildman–Crippen MR) is 118 cm³/mol. The zero-order valence-electron chi connectivity index (χ0n) is 20.3. The van der Waals surface area contributed by atoms with E-state index >= 15 is 0 Å². The van der Waals surface area contributed by atoms with Crippen molar-refractivity contribution in [2.45, 2.75) is 51.8 Å². The Morgan fingerprint density at radius 2 is 1.58 bits per heavy atom. The lowest BCUT2D eigenvalue weighted by Crippen LogP contribution is -2.16. The second kappa shape index (κ2) is 14.0. The second-order valence-electron chi connectivity index (χ2n) is 7.78. The number of hydrogen-bond acceptors (Lipinski definition) is 6. The number of halogens is 6. The van der Waals surface area contributed by atoms with Crippen molar-refractivity contribution in [3.05, 3.63) is 52.3 Å². The Hall–Kier alpha value is -2.93. The van der Waals surface area contributed by atoms with Crippen molar-refractivity contribution in [2.75, 3.05) is 27.3 Å². The molecule has 0 aliphatic carbocycles. The molecule has 2 aromatic rings. The van der Waals surface area contributed by atoms with Crippen LogP contribution in [-0.4, -0.2) is 54.7 Å². The van der Waals surface area contributed by atoms with Crippen LogP contribution in [0.15, 0.2) is 24.3 Å². The summed E-state index contributed by atoms with van der Waals surface area (Å²) in [6.07, 6.45) is -9.14. The summed E-state index contributed by atoms with van der Waals surface area (Å²) in [5.74, 6) is 0. The molecule has 1 unspecified atom stereocenters. The predicted octanol–water partition coefficient (Wildman–Crippen LogP) is 5.14. The standard InChI is InChI=1S/C11H8F6O2.C9H13N3O.C3H8O/c1-6(19-5-18)7-2-8(10(12,13)14)4-9(3-7)11(15,16)17;1-11-3-2-4-12-9(6-11)5-8(7-13)10-12;1-3-4-2/h2-6H,1H3;5,7H,2-4,6H2,1H3;3H2,1-2H3. The molecule has 1 atom stereocenters. The Labute approximate surface area is 205 Å². The molecule has 202 valence electrons. The number of rotatable bonds is 5. The van der Waals surface area contributed by atoms with E-state index in [0.717, 1.165) is 44.6 Å². The van der Waals surface area contributed by atoms with Crippen molar-refractivity contribution >= 4 is 12.8 Å². The zero-order chi connectivity index (χ0) is 27.5. The maximum atomic E-state index is 12.5. The summed E-state index contributed by atoms with van der Waals surface area (Å²) in [6, 6.07) is 2.92. The SMILES string of the molecule is CC(OC=O)c1cc(C(F)(F)F)cc(C(F)(F)F)c1.CCOC.CN1CCCn2nc(C=O)cc2C1. The van der Waals surface area contributed by atoms with E-state index in [-0.39, 0.29) is 18.1 Å². The lowest BCUT2D eigenvalue weighted by Gasteiger charge is -2.16. The molecule has 36 heavy (non-hydrogen) atoms. The minimum Gasteiger partial charge on any atom is -0.460 e. The molecule has 7 nitrogen and oxygen atoms in total. The van der Waals surface area contributed by atoms with Crippen molar-refractivity contribution in [2.24, 2.45) is 0 Å². The van der Waals surface area contributed by atoms with Crippen LogP contribution in [0.5, 0.6) is 0 Å². The molecule has 1 aliphatic rings. The van der Waals surface area contributed by atoms with E-state index in [1.807, 2.05) is 17.7 Å². The molecule has 0 amide bonds. The maximum absolute atomic E-state index is 12.5. The molecule has 13 heteroatoms. The topological polar surface area (TPSA) is 73.7 Å². The van der Waals surface area contributed by atoms with Gasteiger partial charge in [-0.3, -0.25) is 14.3 Å². The van der Waals surface area contributed by atoms with E-state index in [9.17, 15) is 35.9 Å². The van der Waals surface area contributed by atoms with Gasteiger partial charge in [-0.2, -0.15) is 31.4 Å². The molecular formula is C23H29F6N3O4. The molecule has 3 rings (SSSR count). The molecule has 0 N–H and O–H groups in total. The number of benzene rings is 1. The quantitative estimate of drug-likeness (QED) is 0.398. The highest BCUT2D eigenvalue weighted by Gasteiger charge is 2.37. The van der Waals surface area contributed by atoms with E-state index in [0.29, 0.717) is 17.8 Å². The van der Waals surface area contributed by atoms with Crippen LogP contribution in [0.1, 0.15) is 59.2 Å². The number of aromatic nitrogens is 2. The van der Waals surface area contributed by atoms with E-state index in [1.54, 1.807) is 7.11 Å². The molecule has 0 bridgehead atoms. The number of nitrogens with zero attached hydrogens (tertiary/aromatic N) is 3. The smallest absolute Gasteiger partial charge is 0.416 e. The van der Waals surface area contributed by atoms with Gasteiger partial charge in [0.15, 0.2) is 6.29 Å². The number of aryl methyl sites for hydroxylation is 1. The maximum Gasteiger partial charge on any atom is 0.416 e. The summed E-state index contributed by atoms with van der Waals surface area (Å²) >= 11 is 0. The van der Waals surface area contributed by atoms with Crippen LogP contribution in [0, 0.1) is 0 Å². The van der Waals surface area contributed by atoms with Crippen LogP contribution in [0.3, 0.4) is 0 Å². The van der Waals surface area contributed by atoms with Crippen LogP contribution in [0.25, 0.3) is 0 Å². The second-order valence-corrected chi connectivity index (χ2v) is 7.78. The average molecular weight is 525 g/mol. The first kappa shape index (κ1) is 31.1. The van der Waals surface area contributed by atoms with E-state index in [1.165, 1.54) is 6.92 Å². The van der Waals surface area contributed by atoms with Crippen molar-refractivity contribution in [3.8, 4) is 0 Å². The average Bonchev–Trinajstić information content (AvgIpc) is 3.11. The van der Waals surface area contributed by atoms with Crippen molar-refractivity contribution in [1.29, 1.82) is 0 Å². The number of methoxy groups -OCH3 is 1. The monoisotopic (exact) mass is 525 g/mol. The van der Waals surface area contributed by atoms with Crippen molar-refractivity contribution in [3.63, 3.8) is 0 Å². The van der Waals surface area contributed by atoms with Gasteiger partial charge in [-0.05, 0) is 57.1 Å². The zero-order valence-corrected chi connectivity index (χ0v) is 20.3. The number of carbonyl (C=O) groups is 2. The Morgan fingerprint density at radius 3 is 2.03 bits per heavy atom. The largest absolute Gasteiger partial charge is 0.460 e. The Morgan fingerprint density at radius 1 is 1.03 bits per heavy atom. The molecule has 0 saturated heterocycles. The highest BCUT2D eigenvalue weighted by atomic mass is 19.4. The summed E-state index contributed by atoms with van der Waals surface area (Å²) in [4.78, 5) is 22.8. The number of aldehydes is 1. The number of alkyl halides is 6. The van der Waals surface area contributed by atoms with E-state index in [2.05, 4.69) is 26.5 Å². The summed E-state index contributed by atoms with van der Waals surface area (Å²) in [5, 5.41) is 4.19. The van der Waals surface area contributed by atoms with Crippen LogP contribution in [0.2, 0.25) is 0 Å². The molecule has 0 saturated carbocycles. The molecule has 0 radical (unpaired) electrons. The van der Waals surface area contributed by atoms with Gasteiger partial charge in [0.25, 0.3) is 6.47 Å². The fraction of sp³-hybridized carbons (Fsp3) is 0.522. The van der Waals surface area contributed by atoms with Crippen molar-refractivity contribution in [1.82, 2.24) is 14.7 Å². The van der Waals surface area contributed by atoms with Crippen molar-refractivity contribution < 1.29 is 45.4 Å². The normalized spacial score (nSPS) is 14.7. The van der Waals surface area contributed by atoms with Gasteiger partial charge in [-0.1, -0.05) is 0 Å². The summed E-state index contributed by atoms with van der Waals surface area (Å²) in [5.41, 5.74) is -1.58. The Bertz CT molecular complexity index is 941. The number of carbonyl (C=O) groups excluding carboxylic acids is 2. The molecule has 1 aromatic heterocycles. The first-order valence-corrected chi connectivity index (χ1v) is 10.8.